The molecule has 4 nitrogen and oxygen atoms in total. The summed E-state index contributed by atoms with van der Waals surface area (Å²) >= 11 is 0. The molecule has 0 fully saturated rings. The van der Waals surface area contributed by atoms with E-state index in [0.717, 1.165) is 47.7 Å². The second kappa shape index (κ2) is 15.5. The van der Waals surface area contributed by atoms with Crippen molar-refractivity contribution in [2.24, 2.45) is 0 Å². The predicted octanol–water partition coefficient (Wildman–Crippen LogP) is 15.2. The molecule has 4 aliphatic rings. The van der Waals surface area contributed by atoms with E-state index in [2.05, 4.69) is 256 Å². The van der Waals surface area contributed by atoms with Crippen molar-refractivity contribution in [3.05, 3.63) is 252 Å². The molecule has 1 aromatic heterocycles. The number of hydrogen-bond donors (Lipinski definition) is 0. The third-order valence-corrected chi connectivity index (χ3v) is 14.5. The highest BCUT2D eigenvalue weighted by Gasteiger charge is 2.42. The minimum atomic E-state index is 0.0751. The van der Waals surface area contributed by atoms with Gasteiger partial charge in [0.05, 0.1) is 28.5 Å². The first-order chi connectivity index (χ1) is 33.8. The molecule has 1 atom stereocenters. The molecule has 0 radical (unpaired) electrons. The number of fused-ring (bicyclic) bond motifs is 1. The molecule has 1 unspecified atom stereocenters. The predicted molar refractivity (Wildman–Crippen MR) is 285 cm³/mol. The SMILES string of the molecule is C1=CC(N(c2ccccc2)c2cc3c4c5c2=CCC2C=5c5c(cc(N(c6ccccc6)c6ccccc6)cc5N2c2ccccc2)-c2cccc(c24)n3-c2ccc(-c3ccccc3)cc2)=CCC1. The van der Waals surface area contributed by atoms with E-state index in [1.807, 2.05) is 0 Å². The van der Waals surface area contributed by atoms with Gasteiger partial charge in [-0.15, -0.1) is 0 Å². The fourth-order valence-corrected chi connectivity index (χ4v) is 11.7. The van der Waals surface area contributed by atoms with Crippen LogP contribution in [0.3, 0.4) is 0 Å². The van der Waals surface area contributed by atoms with E-state index in [0.29, 0.717) is 0 Å². The number of hydrogen-bond acceptors (Lipinski definition) is 3. The number of para-hydroxylation sites is 4. The summed E-state index contributed by atoms with van der Waals surface area (Å²) in [5.74, 6) is 0. The van der Waals surface area contributed by atoms with E-state index in [4.69, 9.17) is 0 Å². The molecule has 9 aromatic carbocycles. The van der Waals surface area contributed by atoms with Crippen LogP contribution in [0, 0.1) is 0 Å². The number of nitrogens with zero attached hydrogens (tertiary/aromatic N) is 4. The van der Waals surface area contributed by atoms with Crippen molar-refractivity contribution in [1.82, 2.24) is 4.57 Å². The molecule has 1 aliphatic heterocycles. The zero-order valence-electron chi connectivity index (χ0n) is 37.5. The molecule has 0 saturated carbocycles. The summed E-state index contributed by atoms with van der Waals surface area (Å²) in [6.45, 7) is 0. The van der Waals surface area contributed by atoms with Gasteiger partial charge in [-0.2, -0.15) is 0 Å². The third kappa shape index (κ3) is 5.87. The Morgan fingerprint density at radius 2 is 1.09 bits per heavy atom. The van der Waals surface area contributed by atoms with Crippen molar-refractivity contribution in [2.75, 3.05) is 14.7 Å². The van der Waals surface area contributed by atoms with Crippen LogP contribution in [0.4, 0.5) is 39.8 Å². The lowest BCUT2D eigenvalue weighted by molar-refractivity contribution is 0.846. The Morgan fingerprint density at radius 1 is 0.456 bits per heavy atom. The summed E-state index contributed by atoms with van der Waals surface area (Å²) in [6, 6.07) is 78.2. The molecule has 68 heavy (non-hydrogen) atoms. The molecule has 4 heteroatoms. The highest BCUT2D eigenvalue weighted by Crippen LogP contribution is 2.55. The Morgan fingerprint density at radius 3 is 1.75 bits per heavy atom. The van der Waals surface area contributed by atoms with E-state index >= 15 is 0 Å². The van der Waals surface area contributed by atoms with Crippen molar-refractivity contribution >= 4 is 73.3 Å². The van der Waals surface area contributed by atoms with Gasteiger partial charge in [-0.3, -0.25) is 0 Å². The van der Waals surface area contributed by atoms with E-state index in [9.17, 15) is 0 Å². The van der Waals surface area contributed by atoms with Gasteiger partial charge >= 0.3 is 0 Å². The van der Waals surface area contributed by atoms with Crippen molar-refractivity contribution < 1.29 is 0 Å². The van der Waals surface area contributed by atoms with E-state index in [1.165, 1.54) is 88.4 Å². The molecule has 10 aromatic rings. The van der Waals surface area contributed by atoms with E-state index < -0.39 is 0 Å². The van der Waals surface area contributed by atoms with E-state index in [-0.39, 0.29) is 6.04 Å². The lowest BCUT2D eigenvalue weighted by Crippen LogP contribution is -2.41. The Hall–Kier alpha value is -8.60. The highest BCUT2D eigenvalue weighted by atomic mass is 15.2. The average molecular weight is 871 g/mol. The molecule has 0 amide bonds. The Bertz CT molecular complexity index is 3760. The zero-order chi connectivity index (χ0) is 44.7. The normalized spacial score (nSPS) is 15.1. The maximum Gasteiger partial charge on any atom is 0.0639 e. The number of benzene rings is 9. The smallest absolute Gasteiger partial charge is 0.0639 e. The monoisotopic (exact) mass is 870 g/mol. The number of rotatable bonds is 9. The second-order valence-corrected chi connectivity index (χ2v) is 18.3. The standard InChI is InChI=1S/C64H46N4/c1-7-20-43(21-8-1)44-34-36-50(37-35-44)68-55-33-19-32-52-54-40-51(65(45-22-9-2-10-23-45)46-24-11-3-12-25-46)41-58-61(54)63-56(67(58)49-30-17-6-18-31-49)39-38-53-57(42-59(68)64(60(52)55)62(53)63)66(47-26-13-4-14-27-47)48-28-15-5-16-29-48/h1-4,6-15,17-38,40-42,56H,5,16,39H2. The van der Waals surface area contributed by atoms with Crippen molar-refractivity contribution in [3.8, 4) is 27.9 Å². The zero-order valence-corrected chi connectivity index (χ0v) is 37.5. The van der Waals surface area contributed by atoms with Gasteiger partial charge in [0.15, 0.2) is 0 Å². The van der Waals surface area contributed by atoms with Crippen LogP contribution in [0.5, 0.6) is 0 Å². The molecule has 322 valence electrons. The molecule has 0 bridgehead atoms. The quantitative estimate of drug-likeness (QED) is 0.144. The Balaban J connectivity index is 1.15. The second-order valence-electron chi connectivity index (χ2n) is 18.3. The Kier molecular flexibility index (Phi) is 8.81. The summed E-state index contributed by atoms with van der Waals surface area (Å²) in [4.78, 5) is 7.60. The van der Waals surface area contributed by atoms with Gasteiger partial charge in [0.2, 0.25) is 0 Å². The molecule has 0 N–H and O–H groups in total. The summed E-state index contributed by atoms with van der Waals surface area (Å²) in [5, 5.41) is 5.27. The summed E-state index contributed by atoms with van der Waals surface area (Å²) in [6.07, 6.45) is 12.6. The van der Waals surface area contributed by atoms with Crippen LogP contribution >= 0.6 is 0 Å². The topological polar surface area (TPSA) is 14.7 Å². The van der Waals surface area contributed by atoms with Gasteiger partial charge in [-0.1, -0.05) is 146 Å². The Labute approximate surface area is 396 Å². The molecule has 14 rings (SSSR count). The van der Waals surface area contributed by atoms with Crippen LogP contribution in [-0.4, -0.2) is 10.6 Å². The fourth-order valence-electron chi connectivity index (χ4n) is 11.7. The van der Waals surface area contributed by atoms with Crippen molar-refractivity contribution in [3.63, 3.8) is 0 Å². The molecule has 0 saturated heterocycles. The van der Waals surface area contributed by atoms with Gasteiger partial charge in [0.25, 0.3) is 0 Å². The van der Waals surface area contributed by atoms with Gasteiger partial charge in [0, 0.05) is 61.4 Å². The summed E-state index contributed by atoms with van der Waals surface area (Å²) in [5.41, 5.74) is 20.6. The van der Waals surface area contributed by atoms with Crippen LogP contribution in [0.15, 0.2) is 236 Å². The molecular formula is C64H46N4. The molecule has 2 heterocycles. The minimum absolute atomic E-state index is 0.0751. The third-order valence-electron chi connectivity index (χ3n) is 14.5. The van der Waals surface area contributed by atoms with Crippen LogP contribution < -0.4 is 25.1 Å². The van der Waals surface area contributed by atoms with Crippen LogP contribution in [0.25, 0.3) is 61.4 Å². The summed E-state index contributed by atoms with van der Waals surface area (Å²) in [7, 11) is 0. The maximum absolute atomic E-state index is 2.65. The number of anilines is 7. The van der Waals surface area contributed by atoms with E-state index in [1.54, 1.807) is 0 Å². The lowest BCUT2D eigenvalue weighted by Gasteiger charge is -2.32. The maximum atomic E-state index is 2.65. The first kappa shape index (κ1) is 38.6. The van der Waals surface area contributed by atoms with Gasteiger partial charge < -0.3 is 19.3 Å². The highest BCUT2D eigenvalue weighted by molar-refractivity contribution is 6.21. The minimum Gasteiger partial charge on any atom is -0.333 e. The fraction of sp³-hybridized carbons (Fsp3) is 0.0625. The largest absolute Gasteiger partial charge is 0.333 e. The molecule has 0 spiro atoms. The average Bonchev–Trinajstić information content (AvgIpc) is 3.89. The lowest BCUT2D eigenvalue weighted by atomic mass is 9.88. The van der Waals surface area contributed by atoms with Crippen molar-refractivity contribution in [2.45, 2.75) is 25.3 Å². The molecule has 3 aliphatic carbocycles. The van der Waals surface area contributed by atoms with Crippen LogP contribution in [-0.2, 0) is 0 Å². The van der Waals surface area contributed by atoms with Gasteiger partial charge in [0.1, 0.15) is 0 Å². The number of allylic oxidation sites excluding steroid dienone is 3. The van der Waals surface area contributed by atoms with Gasteiger partial charge in [-0.05, 0) is 143 Å². The van der Waals surface area contributed by atoms with Gasteiger partial charge in [-0.25, -0.2) is 0 Å². The first-order valence-electron chi connectivity index (χ1n) is 23.9. The molecular weight excluding hydrogens is 825 g/mol. The summed E-state index contributed by atoms with van der Waals surface area (Å²) < 4.78 is 2.55. The van der Waals surface area contributed by atoms with Crippen molar-refractivity contribution in [1.29, 1.82) is 0 Å². The number of aromatic nitrogens is 1. The first-order valence-corrected chi connectivity index (χ1v) is 23.9. The van der Waals surface area contributed by atoms with Crippen LogP contribution in [0.1, 0.15) is 24.8 Å². The van der Waals surface area contributed by atoms with Crippen LogP contribution in [0.2, 0.25) is 0 Å².